The van der Waals surface area contributed by atoms with E-state index in [9.17, 15) is 18.0 Å². The van der Waals surface area contributed by atoms with Gasteiger partial charge < -0.3 is 9.80 Å². The van der Waals surface area contributed by atoms with E-state index < -0.39 is 10.0 Å². The normalized spacial score (nSPS) is 32.5. The molecule has 4 aliphatic rings. The SMILES string of the molecule is CCN1C(=O)[C@@H]2CN(C(C)=O)C[C@@H]2C12CCN(S(=O)(=O)C1CC1)CC2. The summed E-state index contributed by atoms with van der Waals surface area (Å²) in [5, 5.41) is -0.179. The average molecular weight is 369 g/mol. The van der Waals surface area contributed by atoms with Crippen molar-refractivity contribution in [1.29, 1.82) is 0 Å². The van der Waals surface area contributed by atoms with Crippen molar-refractivity contribution < 1.29 is 18.0 Å². The molecule has 25 heavy (non-hydrogen) atoms. The number of sulfonamides is 1. The van der Waals surface area contributed by atoms with E-state index in [1.807, 2.05) is 11.8 Å². The number of rotatable bonds is 3. The fourth-order valence-electron chi connectivity index (χ4n) is 5.29. The van der Waals surface area contributed by atoms with Crippen LogP contribution >= 0.6 is 0 Å². The van der Waals surface area contributed by atoms with Crippen LogP contribution in [0.25, 0.3) is 0 Å². The van der Waals surface area contributed by atoms with Crippen LogP contribution in [0.3, 0.4) is 0 Å². The first-order valence-corrected chi connectivity index (χ1v) is 10.9. The van der Waals surface area contributed by atoms with Crippen LogP contribution in [0.5, 0.6) is 0 Å². The maximum Gasteiger partial charge on any atom is 0.228 e. The second kappa shape index (κ2) is 5.67. The van der Waals surface area contributed by atoms with Gasteiger partial charge in [0, 0.05) is 45.6 Å². The van der Waals surface area contributed by atoms with Gasteiger partial charge in [0.1, 0.15) is 0 Å². The summed E-state index contributed by atoms with van der Waals surface area (Å²) in [7, 11) is -3.15. The highest BCUT2D eigenvalue weighted by Gasteiger charge is 2.62. The van der Waals surface area contributed by atoms with Gasteiger partial charge in [0.2, 0.25) is 21.8 Å². The van der Waals surface area contributed by atoms with Crippen molar-refractivity contribution in [2.75, 3.05) is 32.7 Å². The Balaban J connectivity index is 1.57. The van der Waals surface area contributed by atoms with Crippen LogP contribution < -0.4 is 0 Å². The lowest BCUT2D eigenvalue weighted by molar-refractivity contribution is -0.136. The first kappa shape index (κ1) is 17.3. The number of carbonyl (C=O) groups is 2. The smallest absolute Gasteiger partial charge is 0.228 e. The Kier molecular flexibility index (Phi) is 3.92. The highest BCUT2D eigenvalue weighted by Crippen LogP contribution is 2.50. The highest BCUT2D eigenvalue weighted by molar-refractivity contribution is 7.90. The minimum atomic E-state index is -3.15. The number of carbonyl (C=O) groups excluding carboxylic acids is 2. The predicted molar refractivity (Wildman–Crippen MR) is 92.1 cm³/mol. The maximum absolute atomic E-state index is 12.9. The predicted octanol–water partition coefficient (Wildman–Crippen LogP) is 0.270. The quantitative estimate of drug-likeness (QED) is 0.715. The second-order valence-corrected chi connectivity index (χ2v) is 10.2. The Morgan fingerprint density at radius 2 is 1.84 bits per heavy atom. The zero-order valence-corrected chi connectivity index (χ0v) is 15.8. The largest absolute Gasteiger partial charge is 0.342 e. The fraction of sp³-hybridized carbons (Fsp3) is 0.882. The number of nitrogens with zero attached hydrogens (tertiary/aromatic N) is 3. The van der Waals surface area contributed by atoms with Crippen LogP contribution in [0.15, 0.2) is 0 Å². The molecule has 1 saturated carbocycles. The molecule has 1 aliphatic carbocycles. The molecule has 2 atom stereocenters. The van der Waals surface area contributed by atoms with Gasteiger partial charge in [-0.3, -0.25) is 9.59 Å². The van der Waals surface area contributed by atoms with Crippen molar-refractivity contribution in [3.63, 3.8) is 0 Å². The monoisotopic (exact) mass is 369 g/mol. The van der Waals surface area contributed by atoms with E-state index in [0.29, 0.717) is 45.6 Å². The van der Waals surface area contributed by atoms with Gasteiger partial charge in [-0.15, -0.1) is 0 Å². The molecule has 0 radical (unpaired) electrons. The van der Waals surface area contributed by atoms with Crippen LogP contribution in [0.4, 0.5) is 0 Å². The third kappa shape index (κ3) is 2.44. The molecule has 4 fully saturated rings. The standard InChI is InChI=1S/C17H27N3O4S/c1-3-20-16(22)14-10-18(12(2)21)11-15(14)17(20)6-8-19(9-7-17)25(23,24)13-4-5-13/h13-15H,3-11H2,1-2H3/t14-,15+/m1/s1. The molecule has 0 bridgehead atoms. The molecule has 4 rings (SSSR count). The lowest BCUT2D eigenvalue weighted by Crippen LogP contribution is -2.58. The number of amides is 2. The molecule has 3 heterocycles. The number of fused-ring (bicyclic) bond motifs is 2. The van der Waals surface area contributed by atoms with E-state index in [1.54, 1.807) is 16.1 Å². The van der Waals surface area contributed by atoms with E-state index >= 15 is 0 Å². The molecular weight excluding hydrogens is 342 g/mol. The highest BCUT2D eigenvalue weighted by atomic mass is 32.2. The summed E-state index contributed by atoms with van der Waals surface area (Å²) in [6, 6.07) is 0. The molecule has 0 aromatic heterocycles. The zero-order chi connectivity index (χ0) is 18.0. The lowest BCUT2D eigenvalue weighted by Gasteiger charge is -2.47. The fourth-order valence-corrected chi connectivity index (χ4v) is 7.14. The van der Waals surface area contributed by atoms with E-state index in [-0.39, 0.29) is 34.4 Å². The number of piperidine rings is 1. The van der Waals surface area contributed by atoms with Gasteiger partial charge in [-0.1, -0.05) is 0 Å². The van der Waals surface area contributed by atoms with Crippen LogP contribution in [0.2, 0.25) is 0 Å². The number of hydrogen-bond donors (Lipinski definition) is 0. The van der Waals surface area contributed by atoms with Gasteiger partial charge in [-0.05, 0) is 32.6 Å². The second-order valence-electron chi connectivity index (χ2n) is 7.97. The van der Waals surface area contributed by atoms with Crippen LogP contribution in [-0.4, -0.2) is 77.8 Å². The minimum Gasteiger partial charge on any atom is -0.342 e. The van der Waals surface area contributed by atoms with Crippen molar-refractivity contribution in [3.05, 3.63) is 0 Å². The van der Waals surface area contributed by atoms with Crippen molar-refractivity contribution in [3.8, 4) is 0 Å². The summed E-state index contributed by atoms with van der Waals surface area (Å²) in [5.74, 6) is 0.189. The minimum absolute atomic E-state index is 0.0224. The molecule has 0 aromatic rings. The maximum atomic E-state index is 12.9. The number of hydrogen-bond acceptors (Lipinski definition) is 4. The molecule has 0 N–H and O–H groups in total. The first-order chi connectivity index (χ1) is 11.8. The summed E-state index contributed by atoms with van der Waals surface area (Å²) in [6.07, 6.45) is 2.93. The number of likely N-dealkylation sites (tertiary alicyclic amines) is 2. The Hall–Kier alpha value is -1.15. The van der Waals surface area contributed by atoms with Crippen LogP contribution in [0, 0.1) is 11.8 Å². The molecule has 140 valence electrons. The average Bonchev–Trinajstić information content (AvgIpc) is 3.30. The van der Waals surface area contributed by atoms with E-state index in [1.165, 1.54) is 0 Å². The summed E-state index contributed by atoms with van der Waals surface area (Å²) in [4.78, 5) is 28.5. The summed E-state index contributed by atoms with van der Waals surface area (Å²) >= 11 is 0. The van der Waals surface area contributed by atoms with Gasteiger partial charge in [-0.25, -0.2) is 12.7 Å². The molecule has 0 unspecified atom stereocenters. The van der Waals surface area contributed by atoms with E-state index in [2.05, 4.69) is 0 Å². The Morgan fingerprint density at radius 1 is 1.20 bits per heavy atom. The molecule has 3 saturated heterocycles. The third-order valence-electron chi connectivity index (χ3n) is 6.79. The topological polar surface area (TPSA) is 78.0 Å². The summed E-state index contributed by atoms with van der Waals surface area (Å²) < 4.78 is 26.7. The molecular formula is C17H27N3O4S. The molecule has 3 aliphatic heterocycles. The van der Waals surface area contributed by atoms with Gasteiger partial charge >= 0.3 is 0 Å². The van der Waals surface area contributed by atoms with Gasteiger partial charge in [0.05, 0.1) is 16.7 Å². The Labute approximate surface area is 149 Å². The summed E-state index contributed by atoms with van der Waals surface area (Å²) in [5.41, 5.74) is -0.281. The zero-order valence-electron chi connectivity index (χ0n) is 15.0. The van der Waals surface area contributed by atoms with Gasteiger partial charge in [0.25, 0.3) is 0 Å². The Morgan fingerprint density at radius 3 is 2.36 bits per heavy atom. The van der Waals surface area contributed by atoms with Gasteiger partial charge in [-0.2, -0.15) is 0 Å². The van der Waals surface area contributed by atoms with Crippen LogP contribution in [-0.2, 0) is 19.6 Å². The van der Waals surface area contributed by atoms with Gasteiger partial charge in [0.15, 0.2) is 0 Å². The molecule has 0 aromatic carbocycles. The summed E-state index contributed by atoms with van der Waals surface area (Å²) in [6.45, 7) is 6.33. The molecule has 7 nitrogen and oxygen atoms in total. The van der Waals surface area contributed by atoms with Crippen molar-refractivity contribution in [1.82, 2.24) is 14.1 Å². The van der Waals surface area contributed by atoms with E-state index in [4.69, 9.17) is 0 Å². The molecule has 1 spiro atoms. The van der Waals surface area contributed by atoms with Crippen molar-refractivity contribution in [2.24, 2.45) is 11.8 Å². The molecule has 2 amide bonds. The third-order valence-corrected chi connectivity index (χ3v) is 9.18. The Bertz CT molecular complexity index is 695. The molecule has 8 heteroatoms. The van der Waals surface area contributed by atoms with Crippen molar-refractivity contribution >= 4 is 21.8 Å². The first-order valence-electron chi connectivity index (χ1n) is 9.37. The van der Waals surface area contributed by atoms with Crippen LogP contribution in [0.1, 0.15) is 39.5 Å². The van der Waals surface area contributed by atoms with E-state index in [0.717, 1.165) is 12.8 Å². The lowest BCUT2D eigenvalue weighted by atomic mass is 9.75. The van der Waals surface area contributed by atoms with Crippen molar-refractivity contribution in [2.45, 2.75) is 50.3 Å².